The molecule has 1 rings (SSSR count). The Kier molecular flexibility index (Phi) is 1.73. The maximum Gasteiger partial charge on any atom is 0.227 e. The molecule has 1 aromatic heterocycles. The molecule has 0 aromatic carbocycles. The van der Waals surface area contributed by atoms with Gasteiger partial charge in [-0.15, -0.1) is 0 Å². The molecule has 0 saturated heterocycles. The highest BCUT2D eigenvalue weighted by Gasteiger charge is 1.99. The molecule has 10 heavy (non-hydrogen) atoms. The molecule has 53 valence electrons. The van der Waals surface area contributed by atoms with Gasteiger partial charge in [0.15, 0.2) is 0 Å². The first-order valence-corrected chi connectivity index (χ1v) is 2.58. The van der Waals surface area contributed by atoms with Crippen molar-refractivity contribution in [3.05, 3.63) is 28.3 Å². The number of aliphatic hydroxyl groups excluding tert-OH is 1. The first kappa shape index (κ1) is 6.82. The van der Waals surface area contributed by atoms with E-state index >= 15 is 0 Å². The zero-order valence-electron chi connectivity index (χ0n) is 5.00. The van der Waals surface area contributed by atoms with Crippen LogP contribution in [0, 0.1) is 6.26 Å². The second kappa shape index (κ2) is 2.53. The molecular weight excluding hydrogens is 136 g/mol. The minimum atomic E-state index is -0.602. The van der Waals surface area contributed by atoms with E-state index in [0.29, 0.717) is 0 Å². The average Bonchev–Trinajstić information content (AvgIpc) is 1.95. The van der Waals surface area contributed by atoms with Crippen molar-refractivity contribution in [3.63, 3.8) is 0 Å². The van der Waals surface area contributed by atoms with Gasteiger partial charge in [0.2, 0.25) is 17.4 Å². The Morgan fingerprint density at radius 2 is 2.40 bits per heavy atom. The Labute approximate surface area is 56.4 Å². The molecule has 2 N–H and O–H groups in total. The van der Waals surface area contributed by atoms with Crippen molar-refractivity contribution in [1.29, 1.82) is 0 Å². The van der Waals surface area contributed by atoms with Crippen molar-refractivity contribution < 1.29 is 14.6 Å². The highest BCUT2D eigenvalue weighted by Crippen LogP contribution is 2.00. The SMILES string of the molecule is O=c1cc(CO)o[c]c1O. The van der Waals surface area contributed by atoms with Gasteiger partial charge in [-0.3, -0.25) is 4.79 Å². The fourth-order valence-electron chi connectivity index (χ4n) is 0.486. The maximum absolute atomic E-state index is 10.5. The van der Waals surface area contributed by atoms with Gasteiger partial charge in [0.25, 0.3) is 0 Å². The summed E-state index contributed by atoms with van der Waals surface area (Å²) >= 11 is 0. The lowest BCUT2D eigenvalue weighted by atomic mass is 10.4. The summed E-state index contributed by atoms with van der Waals surface area (Å²) in [6.45, 7) is -0.369. The van der Waals surface area contributed by atoms with Gasteiger partial charge in [-0.1, -0.05) is 0 Å². The van der Waals surface area contributed by atoms with E-state index in [2.05, 4.69) is 4.42 Å². The Morgan fingerprint density at radius 1 is 1.70 bits per heavy atom. The monoisotopic (exact) mass is 141 g/mol. The van der Waals surface area contributed by atoms with Gasteiger partial charge in [-0.05, 0) is 0 Å². The van der Waals surface area contributed by atoms with Gasteiger partial charge < -0.3 is 14.6 Å². The minimum absolute atomic E-state index is 0.0859. The van der Waals surface area contributed by atoms with Crippen LogP contribution in [0.2, 0.25) is 0 Å². The fraction of sp³-hybridized carbons (Fsp3) is 0.167. The Morgan fingerprint density at radius 3 is 2.90 bits per heavy atom. The van der Waals surface area contributed by atoms with Crippen molar-refractivity contribution in [2.24, 2.45) is 0 Å². The second-order valence-corrected chi connectivity index (χ2v) is 1.69. The highest BCUT2D eigenvalue weighted by molar-refractivity contribution is 5.13. The summed E-state index contributed by atoms with van der Waals surface area (Å²) < 4.78 is 4.46. The number of rotatable bonds is 1. The van der Waals surface area contributed by atoms with E-state index in [0.717, 1.165) is 6.07 Å². The number of hydrogen-bond donors (Lipinski definition) is 2. The van der Waals surface area contributed by atoms with Crippen molar-refractivity contribution in [3.8, 4) is 5.75 Å². The van der Waals surface area contributed by atoms with Crippen LogP contribution in [0.25, 0.3) is 0 Å². The normalized spacial score (nSPS) is 9.70. The number of aromatic hydroxyl groups is 1. The summed E-state index contributed by atoms with van der Waals surface area (Å²) in [6, 6.07) is 1.01. The van der Waals surface area contributed by atoms with Gasteiger partial charge in [0.05, 0.1) is 0 Å². The summed E-state index contributed by atoms with van der Waals surface area (Å²) in [5.41, 5.74) is -0.602. The molecule has 4 nitrogen and oxygen atoms in total. The molecule has 0 aliphatic carbocycles. The molecule has 0 amide bonds. The maximum atomic E-state index is 10.5. The summed E-state index contributed by atoms with van der Waals surface area (Å²) in [6.07, 6.45) is 1.93. The third kappa shape index (κ3) is 1.16. The lowest BCUT2D eigenvalue weighted by molar-refractivity contribution is 0.240. The highest BCUT2D eigenvalue weighted by atomic mass is 16.4. The van der Waals surface area contributed by atoms with Gasteiger partial charge in [0.1, 0.15) is 12.4 Å². The molecule has 0 aliphatic rings. The molecule has 0 saturated carbocycles. The molecule has 1 radical (unpaired) electrons. The zero-order chi connectivity index (χ0) is 7.56. The van der Waals surface area contributed by atoms with E-state index in [4.69, 9.17) is 10.2 Å². The predicted octanol–water partition coefficient (Wildman–Crippen LogP) is -0.362. The summed E-state index contributed by atoms with van der Waals surface area (Å²) in [5.74, 6) is -0.486. The van der Waals surface area contributed by atoms with E-state index < -0.39 is 11.2 Å². The molecule has 0 unspecified atom stereocenters. The van der Waals surface area contributed by atoms with E-state index in [1.807, 2.05) is 6.26 Å². The minimum Gasteiger partial charge on any atom is -0.501 e. The number of aliphatic hydroxyl groups is 1. The first-order valence-electron chi connectivity index (χ1n) is 2.58. The van der Waals surface area contributed by atoms with Crippen LogP contribution in [0.15, 0.2) is 15.3 Å². The van der Waals surface area contributed by atoms with Crippen LogP contribution in [-0.2, 0) is 6.61 Å². The third-order valence-electron chi connectivity index (χ3n) is 0.960. The fourth-order valence-corrected chi connectivity index (χ4v) is 0.486. The summed E-state index contributed by atoms with van der Waals surface area (Å²) in [5, 5.41) is 17.0. The standard InChI is InChI=1S/C6H5O4/c7-2-4-1-5(8)6(9)3-10-4/h1,7,9H,2H2. The topological polar surface area (TPSA) is 70.7 Å². The molecule has 1 aromatic rings. The summed E-state index contributed by atoms with van der Waals surface area (Å²) in [7, 11) is 0. The first-order chi connectivity index (χ1) is 4.74. The van der Waals surface area contributed by atoms with Crippen LogP contribution in [-0.4, -0.2) is 10.2 Å². The van der Waals surface area contributed by atoms with Crippen LogP contribution in [0.5, 0.6) is 5.75 Å². The van der Waals surface area contributed by atoms with E-state index in [9.17, 15) is 4.79 Å². The lowest BCUT2D eigenvalue weighted by Gasteiger charge is -1.91. The van der Waals surface area contributed by atoms with Crippen LogP contribution in [0.3, 0.4) is 0 Å². The average molecular weight is 141 g/mol. The van der Waals surface area contributed by atoms with Crippen LogP contribution >= 0.6 is 0 Å². The summed E-state index contributed by atoms with van der Waals surface area (Å²) in [4.78, 5) is 10.5. The second-order valence-electron chi connectivity index (χ2n) is 1.69. The molecule has 4 heteroatoms. The quantitative estimate of drug-likeness (QED) is 0.560. The van der Waals surface area contributed by atoms with Gasteiger partial charge in [0, 0.05) is 6.07 Å². The van der Waals surface area contributed by atoms with Crippen LogP contribution in [0.4, 0.5) is 0 Å². The van der Waals surface area contributed by atoms with Crippen LogP contribution in [0.1, 0.15) is 5.76 Å². The van der Waals surface area contributed by atoms with Gasteiger partial charge in [-0.2, -0.15) is 0 Å². The molecular formula is C6H5O4. The molecule has 0 atom stereocenters. The van der Waals surface area contributed by atoms with Gasteiger partial charge in [-0.25, -0.2) is 0 Å². The molecule has 0 fully saturated rings. The third-order valence-corrected chi connectivity index (χ3v) is 0.960. The zero-order valence-corrected chi connectivity index (χ0v) is 5.00. The molecule has 1 heterocycles. The Balaban J connectivity index is 3.17. The van der Waals surface area contributed by atoms with E-state index in [1.165, 1.54) is 0 Å². The van der Waals surface area contributed by atoms with Crippen molar-refractivity contribution >= 4 is 0 Å². The Bertz CT molecular complexity index is 275. The van der Waals surface area contributed by atoms with E-state index in [-0.39, 0.29) is 12.4 Å². The molecule has 0 bridgehead atoms. The molecule has 0 spiro atoms. The van der Waals surface area contributed by atoms with Crippen molar-refractivity contribution in [2.45, 2.75) is 6.61 Å². The van der Waals surface area contributed by atoms with Crippen molar-refractivity contribution in [2.75, 3.05) is 0 Å². The Hall–Kier alpha value is -1.29. The van der Waals surface area contributed by atoms with Gasteiger partial charge >= 0.3 is 0 Å². The number of hydrogen-bond acceptors (Lipinski definition) is 4. The largest absolute Gasteiger partial charge is 0.501 e. The van der Waals surface area contributed by atoms with E-state index in [1.54, 1.807) is 0 Å². The molecule has 0 aliphatic heterocycles. The predicted molar refractivity (Wildman–Crippen MR) is 31.4 cm³/mol. The van der Waals surface area contributed by atoms with Crippen LogP contribution < -0.4 is 5.43 Å². The smallest absolute Gasteiger partial charge is 0.227 e. The van der Waals surface area contributed by atoms with Crippen molar-refractivity contribution in [1.82, 2.24) is 0 Å². The lowest BCUT2D eigenvalue weighted by Crippen LogP contribution is -1.99.